The highest BCUT2D eigenvalue weighted by molar-refractivity contribution is 5.85. The van der Waals surface area contributed by atoms with Gasteiger partial charge in [0.15, 0.2) is 0 Å². The van der Waals surface area contributed by atoms with E-state index in [9.17, 15) is 0 Å². The predicted molar refractivity (Wildman–Crippen MR) is 80.6 cm³/mol. The van der Waals surface area contributed by atoms with Crippen molar-refractivity contribution in [1.29, 1.82) is 0 Å². The number of nitrogens with zero attached hydrogens (tertiary/aromatic N) is 1. The van der Waals surface area contributed by atoms with Crippen molar-refractivity contribution in [2.45, 2.75) is 6.42 Å². The highest BCUT2D eigenvalue weighted by atomic mass is 35.5. The Morgan fingerprint density at radius 2 is 1.67 bits per heavy atom. The van der Waals surface area contributed by atoms with Crippen LogP contribution in [-0.2, 0) is 6.42 Å². The summed E-state index contributed by atoms with van der Waals surface area (Å²) < 4.78 is 0. The van der Waals surface area contributed by atoms with Gasteiger partial charge in [0.2, 0.25) is 0 Å². The standard InChI is InChI=1S/C14H20N2.2ClH/c15-8-12-13-9-16(10-14(12)13)7-6-11-4-2-1-3-5-11;;/h1-5,12-14H,6-10,15H2;2*1H/t12?,13-,14+;;. The average Bonchev–Trinajstić information content (AvgIpc) is 2.81. The Morgan fingerprint density at radius 1 is 1.06 bits per heavy atom. The number of nitrogens with two attached hydrogens (primary N) is 1. The molecule has 2 aliphatic rings. The molecule has 102 valence electrons. The normalized spacial score (nSPS) is 29.1. The first-order valence-corrected chi connectivity index (χ1v) is 6.35. The van der Waals surface area contributed by atoms with Gasteiger partial charge in [0.25, 0.3) is 0 Å². The van der Waals surface area contributed by atoms with Crippen LogP contribution in [0.1, 0.15) is 5.56 Å². The van der Waals surface area contributed by atoms with E-state index in [0.717, 1.165) is 24.3 Å². The molecule has 1 aromatic carbocycles. The summed E-state index contributed by atoms with van der Waals surface area (Å²) in [6.07, 6.45) is 1.19. The molecule has 2 nitrogen and oxygen atoms in total. The van der Waals surface area contributed by atoms with E-state index in [1.54, 1.807) is 0 Å². The summed E-state index contributed by atoms with van der Waals surface area (Å²) in [7, 11) is 0. The van der Waals surface area contributed by atoms with Crippen LogP contribution in [0.15, 0.2) is 30.3 Å². The number of piperidine rings is 1. The minimum absolute atomic E-state index is 0. The first-order valence-electron chi connectivity index (χ1n) is 6.35. The van der Waals surface area contributed by atoms with E-state index >= 15 is 0 Å². The van der Waals surface area contributed by atoms with Gasteiger partial charge in [-0.3, -0.25) is 0 Å². The molecule has 0 aromatic heterocycles. The minimum atomic E-state index is 0. The molecule has 3 rings (SSSR count). The van der Waals surface area contributed by atoms with E-state index < -0.39 is 0 Å². The van der Waals surface area contributed by atoms with E-state index in [1.165, 1.54) is 31.6 Å². The third-order valence-electron chi connectivity index (χ3n) is 4.28. The first kappa shape index (κ1) is 15.8. The summed E-state index contributed by atoms with van der Waals surface area (Å²) in [6.45, 7) is 4.70. The number of fused-ring (bicyclic) bond motifs is 1. The second-order valence-electron chi connectivity index (χ2n) is 5.22. The van der Waals surface area contributed by atoms with Gasteiger partial charge in [0, 0.05) is 19.6 Å². The second kappa shape index (κ2) is 6.76. The maximum absolute atomic E-state index is 5.72. The van der Waals surface area contributed by atoms with E-state index in [4.69, 9.17) is 5.73 Å². The summed E-state index contributed by atoms with van der Waals surface area (Å²) in [4.78, 5) is 2.61. The number of rotatable bonds is 4. The van der Waals surface area contributed by atoms with E-state index in [0.29, 0.717) is 0 Å². The van der Waals surface area contributed by atoms with Crippen LogP contribution in [-0.4, -0.2) is 31.1 Å². The topological polar surface area (TPSA) is 29.3 Å². The lowest BCUT2D eigenvalue weighted by Gasteiger charge is -2.18. The van der Waals surface area contributed by atoms with Crippen molar-refractivity contribution >= 4 is 24.8 Å². The molecule has 1 unspecified atom stereocenters. The molecule has 1 saturated heterocycles. The molecule has 3 atom stereocenters. The fourth-order valence-corrected chi connectivity index (χ4v) is 3.20. The van der Waals surface area contributed by atoms with Crippen molar-refractivity contribution in [3.63, 3.8) is 0 Å². The van der Waals surface area contributed by atoms with Crippen LogP contribution in [0, 0.1) is 17.8 Å². The fraction of sp³-hybridized carbons (Fsp3) is 0.571. The van der Waals surface area contributed by atoms with Crippen LogP contribution in [0.5, 0.6) is 0 Å². The summed E-state index contributed by atoms with van der Waals surface area (Å²) in [5.41, 5.74) is 7.17. The SMILES string of the molecule is Cl.Cl.NCC1[C@H]2CN(CCc3ccccc3)C[C@@H]12. The van der Waals surface area contributed by atoms with Crippen molar-refractivity contribution in [3.8, 4) is 0 Å². The molecule has 1 aliphatic carbocycles. The number of hydrogen-bond donors (Lipinski definition) is 1. The van der Waals surface area contributed by atoms with Gasteiger partial charge in [-0.25, -0.2) is 0 Å². The van der Waals surface area contributed by atoms with Gasteiger partial charge >= 0.3 is 0 Å². The van der Waals surface area contributed by atoms with E-state index in [1.807, 2.05) is 0 Å². The summed E-state index contributed by atoms with van der Waals surface area (Å²) >= 11 is 0. The van der Waals surface area contributed by atoms with Crippen LogP contribution in [0.3, 0.4) is 0 Å². The van der Waals surface area contributed by atoms with Gasteiger partial charge < -0.3 is 10.6 Å². The van der Waals surface area contributed by atoms with Crippen LogP contribution >= 0.6 is 24.8 Å². The fourth-order valence-electron chi connectivity index (χ4n) is 3.20. The molecule has 0 bridgehead atoms. The third kappa shape index (κ3) is 3.18. The zero-order valence-electron chi connectivity index (χ0n) is 10.5. The van der Waals surface area contributed by atoms with Gasteiger partial charge in [-0.15, -0.1) is 24.8 Å². The molecule has 2 fully saturated rings. The Balaban J connectivity index is 0.000000810. The highest BCUT2D eigenvalue weighted by Crippen LogP contribution is 2.50. The number of halogens is 2. The lowest BCUT2D eigenvalue weighted by atomic mass is 10.1. The Bertz CT molecular complexity index is 346. The van der Waals surface area contributed by atoms with E-state index in [-0.39, 0.29) is 24.8 Å². The van der Waals surface area contributed by atoms with Crippen molar-refractivity contribution in [3.05, 3.63) is 35.9 Å². The smallest absolute Gasteiger partial charge is 0.00221 e. The van der Waals surface area contributed by atoms with Crippen molar-refractivity contribution < 1.29 is 0 Å². The number of likely N-dealkylation sites (tertiary alicyclic amines) is 1. The van der Waals surface area contributed by atoms with Crippen LogP contribution in [0.25, 0.3) is 0 Å². The third-order valence-corrected chi connectivity index (χ3v) is 4.28. The molecule has 2 N–H and O–H groups in total. The summed E-state index contributed by atoms with van der Waals surface area (Å²) in [6, 6.07) is 10.8. The molecule has 18 heavy (non-hydrogen) atoms. The summed E-state index contributed by atoms with van der Waals surface area (Å²) in [5, 5.41) is 0. The number of hydrogen-bond acceptors (Lipinski definition) is 2. The lowest BCUT2D eigenvalue weighted by Crippen LogP contribution is -2.28. The van der Waals surface area contributed by atoms with Gasteiger partial charge in [-0.1, -0.05) is 30.3 Å². The zero-order chi connectivity index (χ0) is 11.0. The van der Waals surface area contributed by atoms with Crippen molar-refractivity contribution in [2.75, 3.05) is 26.2 Å². The van der Waals surface area contributed by atoms with Crippen molar-refractivity contribution in [2.24, 2.45) is 23.5 Å². The minimum Gasteiger partial charge on any atom is -0.330 e. The molecule has 4 heteroatoms. The Kier molecular flexibility index (Phi) is 5.93. The maximum atomic E-state index is 5.72. The molecular weight excluding hydrogens is 267 g/mol. The number of benzene rings is 1. The van der Waals surface area contributed by atoms with Crippen LogP contribution in [0.4, 0.5) is 0 Å². The zero-order valence-corrected chi connectivity index (χ0v) is 12.1. The molecule has 1 aromatic rings. The van der Waals surface area contributed by atoms with Gasteiger partial charge in [-0.2, -0.15) is 0 Å². The summed E-state index contributed by atoms with van der Waals surface area (Å²) in [5.74, 6) is 2.72. The molecule has 0 amide bonds. The molecule has 0 spiro atoms. The van der Waals surface area contributed by atoms with Crippen molar-refractivity contribution in [1.82, 2.24) is 4.90 Å². The molecule has 0 radical (unpaired) electrons. The quantitative estimate of drug-likeness (QED) is 0.921. The second-order valence-corrected chi connectivity index (χ2v) is 5.22. The first-order chi connectivity index (χ1) is 7.88. The molecule has 1 saturated carbocycles. The highest BCUT2D eigenvalue weighted by Gasteiger charge is 2.54. The Labute approximate surface area is 122 Å². The molecule has 1 aliphatic heterocycles. The Hall–Kier alpha value is -0.280. The maximum Gasteiger partial charge on any atom is 0.00221 e. The lowest BCUT2D eigenvalue weighted by molar-refractivity contribution is 0.290. The predicted octanol–water partition coefficient (Wildman–Crippen LogP) is 2.21. The molecular formula is C14H22Cl2N2. The molecule has 1 heterocycles. The monoisotopic (exact) mass is 288 g/mol. The largest absolute Gasteiger partial charge is 0.330 e. The Morgan fingerprint density at radius 3 is 2.22 bits per heavy atom. The van der Waals surface area contributed by atoms with Crippen LogP contribution < -0.4 is 5.73 Å². The van der Waals surface area contributed by atoms with E-state index in [2.05, 4.69) is 35.2 Å². The van der Waals surface area contributed by atoms with Crippen LogP contribution in [0.2, 0.25) is 0 Å². The average molecular weight is 289 g/mol. The van der Waals surface area contributed by atoms with Gasteiger partial charge in [0.05, 0.1) is 0 Å². The van der Waals surface area contributed by atoms with Gasteiger partial charge in [-0.05, 0) is 36.3 Å². The van der Waals surface area contributed by atoms with Gasteiger partial charge in [0.1, 0.15) is 0 Å².